The monoisotopic (exact) mass is 303 g/mol. The van der Waals surface area contributed by atoms with Gasteiger partial charge in [0.05, 0.1) is 4.47 Å². The minimum Gasteiger partial charge on any atom is -0.317 e. The van der Waals surface area contributed by atoms with Gasteiger partial charge in [-0.3, -0.25) is 0 Å². The highest BCUT2D eigenvalue weighted by atomic mass is 79.9. The second-order valence-corrected chi connectivity index (χ2v) is 4.49. The molecule has 1 aromatic carbocycles. The van der Waals surface area contributed by atoms with Gasteiger partial charge in [0.25, 0.3) is 0 Å². The van der Waals surface area contributed by atoms with Crippen molar-refractivity contribution in [3.05, 3.63) is 46.0 Å². The van der Waals surface area contributed by atoms with E-state index in [1.807, 2.05) is 13.0 Å². The Bertz CT molecular complexity index is 391. The van der Waals surface area contributed by atoms with Crippen LogP contribution in [0.15, 0.2) is 28.8 Å². The lowest BCUT2D eigenvalue weighted by Gasteiger charge is -2.03. The van der Waals surface area contributed by atoms with E-state index in [4.69, 9.17) is 0 Å². The number of hydrogen-bond donors (Lipinski definition) is 1. The zero-order chi connectivity index (χ0) is 12.7. The lowest BCUT2D eigenvalue weighted by Crippen LogP contribution is -2.12. The number of halogens is 3. The van der Waals surface area contributed by atoms with Gasteiger partial charge >= 0.3 is 0 Å². The Morgan fingerprint density at radius 3 is 2.76 bits per heavy atom. The van der Waals surface area contributed by atoms with E-state index in [1.165, 1.54) is 12.1 Å². The van der Waals surface area contributed by atoms with Crippen molar-refractivity contribution in [1.29, 1.82) is 0 Å². The fourth-order valence-corrected chi connectivity index (χ4v) is 1.81. The molecule has 0 bridgehead atoms. The Morgan fingerprint density at radius 1 is 1.29 bits per heavy atom. The van der Waals surface area contributed by atoms with Crippen molar-refractivity contribution in [1.82, 2.24) is 5.32 Å². The van der Waals surface area contributed by atoms with Gasteiger partial charge in [-0.2, -0.15) is 0 Å². The standard InChI is InChI=1S/C13H16BrF2N/c1-2-17-9-5-3-4-6-10-12(15)8-7-11(14)13(10)16/h3-4,7-8,17H,2,5-6,9H2,1H3/b4-3+. The lowest BCUT2D eigenvalue weighted by molar-refractivity contribution is 0.558. The molecule has 0 unspecified atom stereocenters. The minimum absolute atomic E-state index is 0.110. The van der Waals surface area contributed by atoms with E-state index in [1.54, 1.807) is 6.08 Å². The third kappa shape index (κ3) is 4.56. The van der Waals surface area contributed by atoms with Crippen molar-refractivity contribution in [3.63, 3.8) is 0 Å². The van der Waals surface area contributed by atoms with Crippen LogP contribution in [-0.4, -0.2) is 13.1 Å². The van der Waals surface area contributed by atoms with E-state index in [-0.39, 0.29) is 12.0 Å². The van der Waals surface area contributed by atoms with E-state index >= 15 is 0 Å². The van der Waals surface area contributed by atoms with Crippen molar-refractivity contribution in [3.8, 4) is 0 Å². The summed E-state index contributed by atoms with van der Waals surface area (Å²) in [6, 6.07) is 2.65. The number of benzene rings is 1. The van der Waals surface area contributed by atoms with Gasteiger partial charge in [-0.1, -0.05) is 19.1 Å². The molecule has 0 amide bonds. The van der Waals surface area contributed by atoms with Gasteiger partial charge in [-0.05, 0) is 54.0 Å². The summed E-state index contributed by atoms with van der Waals surface area (Å²) in [6.07, 6.45) is 4.88. The molecule has 1 rings (SSSR count). The predicted molar refractivity (Wildman–Crippen MR) is 70.1 cm³/mol. The molecule has 0 spiro atoms. The Labute approximate surface area is 109 Å². The summed E-state index contributed by atoms with van der Waals surface area (Å²) in [5, 5.41) is 3.17. The van der Waals surface area contributed by atoms with Crippen LogP contribution in [0.1, 0.15) is 18.9 Å². The zero-order valence-electron chi connectivity index (χ0n) is 9.77. The molecule has 0 aromatic heterocycles. The Kier molecular flexibility index (Phi) is 6.37. The van der Waals surface area contributed by atoms with Crippen molar-refractivity contribution >= 4 is 15.9 Å². The summed E-state index contributed by atoms with van der Waals surface area (Å²) in [6.45, 7) is 3.86. The largest absolute Gasteiger partial charge is 0.317 e. The van der Waals surface area contributed by atoms with E-state index < -0.39 is 11.6 Å². The van der Waals surface area contributed by atoms with Crippen LogP contribution in [0.3, 0.4) is 0 Å². The van der Waals surface area contributed by atoms with E-state index in [9.17, 15) is 8.78 Å². The molecule has 94 valence electrons. The average Bonchev–Trinajstić information content (AvgIpc) is 2.32. The van der Waals surface area contributed by atoms with Crippen molar-refractivity contribution in [2.45, 2.75) is 19.8 Å². The maximum atomic E-state index is 13.6. The maximum absolute atomic E-state index is 13.6. The minimum atomic E-state index is -0.513. The summed E-state index contributed by atoms with van der Waals surface area (Å²) in [4.78, 5) is 0. The molecule has 17 heavy (non-hydrogen) atoms. The molecule has 0 aliphatic rings. The van der Waals surface area contributed by atoms with Crippen LogP contribution in [0.4, 0.5) is 8.78 Å². The van der Waals surface area contributed by atoms with Crippen LogP contribution in [0, 0.1) is 11.6 Å². The Hall–Kier alpha value is -0.740. The Morgan fingerprint density at radius 2 is 2.06 bits per heavy atom. The van der Waals surface area contributed by atoms with Crippen molar-refractivity contribution < 1.29 is 8.78 Å². The third-order valence-electron chi connectivity index (χ3n) is 2.37. The van der Waals surface area contributed by atoms with Crippen LogP contribution >= 0.6 is 15.9 Å². The van der Waals surface area contributed by atoms with Gasteiger partial charge in [0.2, 0.25) is 0 Å². The molecular formula is C13H16BrF2N. The van der Waals surface area contributed by atoms with E-state index in [0.717, 1.165) is 19.5 Å². The van der Waals surface area contributed by atoms with Gasteiger partial charge < -0.3 is 5.32 Å². The molecule has 1 nitrogen and oxygen atoms in total. The number of hydrogen-bond acceptors (Lipinski definition) is 1. The molecule has 0 saturated carbocycles. The second kappa shape index (κ2) is 7.56. The summed E-state index contributed by atoms with van der Waals surface area (Å²) in [7, 11) is 0. The quantitative estimate of drug-likeness (QED) is 0.478. The van der Waals surface area contributed by atoms with Crippen LogP contribution in [-0.2, 0) is 6.42 Å². The van der Waals surface area contributed by atoms with Gasteiger partial charge in [0.1, 0.15) is 11.6 Å². The zero-order valence-corrected chi connectivity index (χ0v) is 11.4. The fourth-order valence-electron chi connectivity index (χ4n) is 1.44. The molecular weight excluding hydrogens is 288 g/mol. The highest BCUT2D eigenvalue weighted by molar-refractivity contribution is 9.10. The van der Waals surface area contributed by atoms with Crippen molar-refractivity contribution in [2.24, 2.45) is 0 Å². The molecule has 0 heterocycles. The number of rotatable bonds is 6. The van der Waals surface area contributed by atoms with Gasteiger partial charge in [-0.25, -0.2) is 8.78 Å². The van der Waals surface area contributed by atoms with Crippen molar-refractivity contribution in [2.75, 3.05) is 13.1 Å². The summed E-state index contributed by atoms with van der Waals surface area (Å²) in [5.74, 6) is -1.01. The molecule has 0 aliphatic carbocycles. The molecule has 0 saturated heterocycles. The molecule has 0 atom stereocenters. The van der Waals surface area contributed by atoms with E-state index in [0.29, 0.717) is 4.47 Å². The first-order chi connectivity index (χ1) is 8.16. The van der Waals surface area contributed by atoms with E-state index in [2.05, 4.69) is 21.2 Å². The average molecular weight is 304 g/mol. The fraction of sp³-hybridized carbons (Fsp3) is 0.385. The summed E-state index contributed by atoms with van der Waals surface area (Å²) in [5.41, 5.74) is 0.110. The first kappa shape index (κ1) is 14.3. The maximum Gasteiger partial charge on any atom is 0.143 e. The highest BCUT2D eigenvalue weighted by Crippen LogP contribution is 2.22. The van der Waals surface area contributed by atoms with Gasteiger partial charge in [-0.15, -0.1) is 0 Å². The lowest BCUT2D eigenvalue weighted by atomic mass is 10.1. The normalized spacial score (nSPS) is 11.3. The summed E-state index contributed by atoms with van der Waals surface area (Å²) < 4.78 is 27.2. The van der Waals surface area contributed by atoms with Crippen LogP contribution in [0.2, 0.25) is 0 Å². The molecule has 1 N–H and O–H groups in total. The first-order valence-corrected chi connectivity index (χ1v) is 6.44. The molecule has 0 aliphatic heterocycles. The highest BCUT2D eigenvalue weighted by Gasteiger charge is 2.10. The first-order valence-electron chi connectivity index (χ1n) is 5.65. The second-order valence-electron chi connectivity index (χ2n) is 3.64. The summed E-state index contributed by atoms with van der Waals surface area (Å²) >= 11 is 3.05. The van der Waals surface area contributed by atoms with Gasteiger partial charge in [0, 0.05) is 5.56 Å². The number of nitrogens with one attached hydrogen (secondary N) is 1. The predicted octanol–water partition coefficient (Wildman–Crippen LogP) is 3.83. The topological polar surface area (TPSA) is 12.0 Å². The van der Waals surface area contributed by atoms with Crippen LogP contribution in [0.25, 0.3) is 0 Å². The third-order valence-corrected chi connectivity index (χ3v) is 2.98. The Balaban J connectivity index is 2.54. The molecule has 0 fully saturated rings. The van der Waals surface area contributed by atoms with Gasteiger partial charge in [0.15, 0.2) is 0 Å². The smallest absolute Gasteiger partial charge is 0.143 e. The SMILES string of the molecule is CCNCC/C=C/Cc1c(F)ccc(Br)c1F. The van der Waals surface area contributed by atoms with Crippen LogP contribution < -0.4 is 5.32 Å². The number of allylic oxidation sites excluding steroid dienone is 1. The molecule has 4 heteroatoms. The van der Waals surface area contributed by atoms with Crippen LogP contribution in [0.5, 0.6) is 0 Å². The molecule has 0 radical (unpaired) electrons. The molecule has 1 aromatic rings.